The lowest BCUT2D eigenvalue weighted by Crippen LogP contribution is -2.56. The smallest absolute Gasteiger partial charge is 0.0739 e. The number of anilines is 2. The number of aliphatic hydroxyl groups is 1. The first-order valence-corrected chi connectivity index (χ1v) is 9.78. The van der Waals surface area contributed by atoms with Crippen molar-refractivity contribution in [3.63, 3.8) is 0 Å². The SMILES string of the molecule is CCc1ccccc1N1CCN(C2Cc3cccc(N)c3CC2O)CC1. The van der Waals surface area contributed by atoms with Crippen molar-refractivity contribution in [1.82, 2.24) is 4.90 Å². The molecule has 3 N–H and O–H groups in total. The Bertz CT molecular complexity index is 768. The van der Waals surface area contributed by atoms with E-state index in [1.807, 2.05) is 12.1 Å². The van der Waals surface area contributed by atoms with E-state index in [1.165, 1.54) is 16.8 Å². The highest BCUT2D eigenvalue weighted by atomic mass is 16.3. The number of benzene rings is 2. The molecule has 1 saturated heterocycles. The van der Waals surface area contributed by atoms with E-state index in [-0.39, 0.29) is 12.1 Å². The maximum atomic E-state index is 10.7. The zero-order chi connectivity index (χ0) is 18.1. The van der Waals surface area contributed by atoms with Crippen LogP contribution in [0.1, 0.15) is 23.6 Å². The summed E-state index contributed by atoms with van der Waals surface area (Å²) >= 11 is 0. The molecule has 1 fully saturated rings. The summed E-state index contributed by atoms with van der Waals surface area (Å²) < 4.78 is 0. The highest BCUT2D eigenvalue weighted by Crippen LogP contribution is 2.30. The molecule has 0 aromatic heterocycles. The summed E-state index contributed by atoms with van der Waals surface area (Å²) in [5.41, 5.74) is 12.2. The van der Waals surface area contributed by atoms with Crippen LogP contribution in [-0.2, 0) is 19.3 Å². The third-order valence-electron chi connectivity index (χ3n) is 6.09. The molecular weight excluding hydrogens is 322 g/mol. The van der Waals surface area contributed by atoms with Gasteiger partial charge in [-0.05, 0) is 41.7 Å². The number of nitrogen functional groups attached to an aromatic ring is 1. The molecule has 4 nitrogen and oxygen atoms in total. The first kappa shape index (κ1) is 17.4. The summed E-state index contributed by atoms with van der Waals surface area (Å²) in [7, 11) is 0. The van der Waals surface area contributed by atoms with E-state index in [2.05, 4.69) is 47.1 Å². The van der Waals surface area contributed by atoms with Crippen molar-refractivity contribution < 1.29 is 5.11 Å². The van der Waals surface area contributed by atoms with Crippen molar-refractivity contribution in [2.75, 3.05) is 36.8 Å². The van der Waals surface area contributed by atoms with Crippen molar-refractivity contribution in [2.24, 2.45) is 0 Å². The minimum Gasteiger partial charge on any atom is -0.398 e. The minimum atomic E-state index is -0.332. The molecule has 0 spiro atoms. The molecule has 1 heterocycles. The van der Waals surface area contributed by atoms with Crippen LogP contribution in [0, 0.1) is 0 Å². The van der Waals surface area contributed by atoms with Gasteiger partial charge in [-0.3, -0.25) is 4.90 Å². The Labute approximate surface area is 156 Å². The quantitative estimate of drug-likeness (QED) is 0.834. The van der Waals surface area contributed by atoms with Crippen LogP contribution < -0.4 is 10.6 Å². The van der Waals surface area contributed by atoms with Crippen molar-refractivity contribution >= 4 is 11.4 Å². The van der Waals surface area contributed by atoms with Crippen LogP contribution in [0.15, 0.2) is 42.5 Å². The molecule has 1 aliphatic carbocycles. The Hall–Kier alpha value is -2.04. The zero-order valence-electron chi connectivity index (χ0n) is 15.6. The standard InChI is InChI=1S/C22H29N3O/c1-2-16-6-3-4-9-20(16)24-10-12-25(13-11-24)21-14-17-7-5-8-19(23)18(17)15-22(21)26/h3-9,21-22,26H,2,10-15,23H2,1H3. The molecule has 2 aliphatic rings. The predicted molar refractivity (Wildman–Crippen MR) is 108 cm³/mol. The molecule has 2 aromatic carbocycles. The maximum absolute atomic E-state index is 10.7. The second-order valence-corrected chi connectivity index (χ2v) is 7.53. The molecule has 2 aromatic rings. The van der Waals surface area contributed by atoms with E-state index < -0.39 is 0 Å². The molecule has 0 saturated carbocycles. The van der Waals surface area contributed by atoms with E-state index in [9.17, 15) is 5.11 Å². The molecule has 0 amide bonds. The Morgan fingerprint density at radius 1 is 1.00 bits per heavy atom. The van der Waals surface area contributed by atoms with Gasteiger partial charge in [-0.25, -0.2) is 0 Å². The van der Waals surface area contributed by atoms with Crippen LogP contribution in [0.2, 0.25) is 0 Å². The van der Waals surface area contributed by atoms with Crippen molar-refractivity contribution in [1.29, 1.82) is 0 Å². The van der Waals surface area contributed by atoms with Crippen molar-refractivity contribution in [2.45, 2.75) is 38.3 Å². The molecule has 4 heteroatoms. The van der Waals surface area contributed by atoms with Crippen LogP contribution in [0.5, 0.6) is 0 Å². The van der Waals surface area contributed by atoms with Crippen LogP contribution >= 0.6 is 0 Å². The number of aryl methyl sites for hydroxylation is 1. The molecule has 4 rings (SSSR count). The van der Waals surface area contributed by atoms with Gasteiger partial charge in [-0.15, -0.1) is 0 Å². The first-order valence-electron chi connectivity index (χ1n) is 9.78. The van der Waals surface area contributed by atoms with Gasteiger partial charge in [-0.1, -0.05) is 37.3 Å². The number of hydrogen-bond acceptors (Lipinski definition) is 4. The highest BCUT2D eigenvalue weighted by molar-refractivity contribution is 5.54. The monoisotopic (exact) mass is 351 g/mol. The Balaban J connectivity index is 1.45. The Morgan fingerprint density at radius 2 is 1.77 bits per heavy atom. The lowest BCUT2D eigenvalue weighted by atomic mass is 9.84. The molecule has 2 atom stereocenters. The van der Waals surface area contributed by atoms with Gasteiger partial charge >= 0.3 is 0 Å². The topological polar surface area (TPSA) is 52.7 Å². The van der Waals surface area contributed by atoms with Gasteiger partial charge in [0.2, 0.25) is 0 Å². The van der Waals surface area contributed by atoms with Crippen molar-refractivity contribution in [3.05, 3.63) is 59.2 Å². The van der Waals surface area contributed by atoms with Gasteiger partial charge in [0.1, 0.15) is 0 Å². The Morgan fingerprint density at radius 3 is 2.54 bits per heavy atom. The second kappa shape index (κ2) is 7.29. The predicted octanol–water partition coefficient (Wildman–Crippen LogP) is 2.48. The number of para-hydroxylation sites is 1. The number of aliphatic hydroxyl groups excluding tert-OH is 1. The third-order valence-corrected chi connectivity index (χ3v) is 6.09. The van der Waals surface area contributed by atoms with Gasteiger partial charge in [-0.2, -0.15) is 0 Å². The van der Waals surface area contributed by atoms with E-state index in [0.717, 1.165) is 50.3 Å². The highest BCUT2D eigenvalue weighted by Gasteiger charge is 2.34. The number of nitrogens with zero attached hydrogens (tertiary/aromatic N) is 2. The lowest BCUT2D eigenvalue weighted by Gasteiger charge is -2.44. The molecule has 26 heavy (non-hydrogen) atoms. The van der Waals surface area contributed by atoms with Crippen LogP contribution in [-0.4, -0.2) is 48.3 Å². The van der Waals surface area contributed by atoms with Crippen molar-refractivity contribution in [3.8, 4) is 0 Å². The average molecular weight is 351 g/mol. The number of nitrogens with two attached hydrogens (primary N) is 1. The summed E-state index contributed by atoms with van der Waals surface area (Å²) in [6.07, 6.45) is 2.30. The van der Waals surface area contributed by atoms with Crippen LogP contribution in [0.4, 0.5) is 11.4 Å². The van der Waals surface area contributed by atoms with E-state index in [1.54, 1.807) is 0 Å². The van der Waals surface area contributed by atoms with E-state index in [0.29, 0.717) is 6.42 Å². The summed E-state index contributed by atoms with van der Waals surface area (Å²) in [4.78, 5) is 4.97. The van der Waals surface area contributed by atoms with Gasteiger partial charge in [0.15, 0.2) is 0 Å². The fourth-order valence-corrected chi connectivity index (χ4v) is 4.59. The van der Waals surface area contributed by atoms with Gasteiger partial charge in [0.25, 0.3) is 0 Å². The number of hydrogen-bond donors (Lipinski definition) is 2. The normalized spacial score (nSPS) is 23.7. The number of fused-ring (bicyclic) bond motifs is 1. The summed E-state index contributed by atoms with van der Waals surface area (Å²) in [5.74, 6) is 0. The van der Waals surface area contributed by atoms with Gasteiger partial charge in [0, 0.05) is 50.0 Å². The van der Waals surface area contributed by atoms with Crippen LogP contribution in [0.25, 0.3) is 0 Å². The molecular formula is C22H29N3O. The molecule has 0 bridgehead atoms. The molecule has 0 radical (unpaired) electrons. The van der Waals surface area contributed by atoms with Crippen LogP contribution in [0.3, 0.4) is 0 Å². The van der Waals surface area contributed by atoms with Gasteiger partial charge in [0.05, 0.1) is 6.10 Å². The zero-order valence-corrected chi connectivity index (χ0v) is 15.6. The first-order chi connectivity index (χ1) is 12.7. The summed E-state index contributed by atoms with van der Waals surface area (Å²) in [6, 6.07) is 15.1. The summed E-state index contributed by atoms with van der Waals surface area (Å²) in [5, 5.41) is 10.7. The minimum absolute atomic E-state index is 0.202. The number of rotatable bonds is 3. The maximum Gasteiger partial charge on any atom is 0.0739 e. The largest absolute Gasteiger partial charge is 0.398 e. The van der Waals surface area contributed by atoms with E-state index in [4.69, 9.17) is 5.73 Å². The fraction of sp³-hybridized carbons (Fsp3) is 0.455. The third kappa shape index (κ3) is 3.19. The molecule has 1 aliphatic heterocycles. The summed E-state index contributed by atoms with van der Waals surface area (Å²) in [6.45, 7) is 6.25. The Kier molecular flexibility index (Phi) is 4.88. The average Bonchev–Trinajstić information content (AvgIpc) is 2.68. The molecule has 2 unspecified atom stereocenters. The lowest BCUT2D eigenvalue weighted by molar-refractivity contribution is 0.0396. The second-order valence-electron chi connectivity index (χ2n) is 7.53. The number of piperazine rings is 1. The van der Waals surface area contributed by atoms with E-state index >= 15 is 0 Å². The van der Waals surface area contributed by atoms with Gasteiger partial charge < -0.3 is 15.7 Å². The molecule has 138 valence electrons. The fourth-order valence-electron chi connectivity index (χ4n) is 4.59.